The molecule has 0 aromatic heterocycles. The van der Waals surface area contributed by atoms with Crippen molar-refractivity contribution in [3.63, 3.8) is 0 Å². The molecule has 0 spiro atoms. The van der Waals surface area contributed by atoms with Gasteiger partial charge < -0.3 is 10.4 Å². The molecule has 0 saturated heterocycles. The van der Waals surface area contributed by atoms with Crippen LogP contribution in [0.25, 0.3) is 0 Å². The van der Waals surface area contributed by atoms with Crippen molar-refractivity contribution in [2.75, 3.05) is 12.4 Å². The van der Waals surface area contributed by atoms with Crippen LogP contribution in [0.2, 0.25) is 0 Å². The Balaban J connectivity index is 3.05. The molecule has 0 aromatic carbocycles. The summed E-state index contributed by atoms with van der Waals surface area (Å²) in [5.74, 6) is -0.856. The minimum absolute atomic E-state index is 0.0125. The summed E-state index contributed by atoms with van der Waals surface area (Å²) in [6.45, 7) is 0.657. The number of hydrogen-bond donors (Lipinski definition) is 2. The second-order valence-electron chi connectivity index (χ2n) is 3.40. The van der Waals surface area contributed by atoms with E-state index in [0.717, 1.165) is 32.1 Å². The van der Waals surface area contributed by atoms with Gasteiger partial charge in [-0.05, 0) is 12.8 Å². The third-order valence-corrected chi connectivity index (χ3v) is 2.25. The molecule has 0 bridgehead atoms. The van der Waals surface area contributed by atoms with Gasteiger partial charge in [0.2, 0.25) is 5.91 Å². The highest BCUT2D eigenvalue weighted by atomic mass is 35.5. The monoisotopic (exact) mass is 235 g/mol. The molecule has 0 fully saturated rings. The largest absolute Gasteiger partial charge is 0.481 e. The Kier molecular flexibility index (Phi) is 9.27. The first-order valence-corrected chi connectivity index (χ1v) is 5.74. The zero-order valence-corrected chi connectivity index (χ0v) is 9.55. The van der Waals surface area contributed by atoms with E-state index in [2.05, 4.69) is 5.32 Å². The van der Waals surface area contributed by atoms with E-state index in [9.17, 15) is 9.59 Å². The first-order chi connectivity index (χ1) is 7.16. The van der Waals surface area contributed by atoms with Crippen LogP contribution >= 0.6 is 11.6 Å². The van der Waals surface area contributed by atoms with E-state index in [4.69, 9.17) is 16.7 Å². The molecule has 0 aromatic rings. The molecule has 0 radical (unpaired) electrons. The molecular weight excluding hydrogens is 218 g/mol. The highest BCUT2D eigenvalue weighted by Crippen LogP contribution is 2.04. The molecule has 0 atom stereocenters. The maximum absolute atomic E-state index is 10.7. The predicted molar refractivity (Wildman–Crippen MR) is 59.1 cm³/mol. The van der Waals surface area contributed by atoms with Crippen molar-refractivity contribution in [3.05, 3.63) is 0 Å². The van der Waals surface area contributed by atoms with E-state index in [1.807, 2.05) is 0 Å². The molecule has 5 heteroatoms. The van der Waals surface area contributed by atoms with E-state index in [1.165, 1.54) is 0 Å². The van der Waals surface area contributed by atoms with E-state index in [-0.39, 0.29) is 18.2 Å². The fourth-order valence-electron chi connectivity index (χ4n) is 1.21. The van der Waals surface area contributed by atoms with Gasteiger partial charge in [0.25, 0.3) is 0 Å². The van der Waals surface area contributed by atoms with Gasteiger partial charge >= 0.3 is 5.97 Å². The van der Waals surface area contributed by atoms with Crippen LogP contribution in [0.1, 0.15) is 38.5 Å². The van der Waals surface area contributed by atoms with Gasteiger partial charge in [0.1, 0.15) is 5.88 Å². The molecule has 1 amide bonds. The minimum atomic E-state index is -0.732. The van der Waals surface area contributed by atoms with Gasteiger partial charge in [-0.2, -0.15) is 0 Å². The Bertz CT molecular complexity index is 197. The summed E-state index contributed by atoms with van der Waals surface area (Å²) >= 11 is 5.30. The quantitative estimate of drug-likeness (QED) is 0.473. The molecule has 88 valence electrons. The Morgan fingerprint density at radius 3 is 2.27 bits per heavy atom. The third kappa shape index (κ3) is 11.2. The number of rotatable bonds is 9. The summed E-state index contributed by atoms with van der Waals surface area (Å²) in [5, 5.41) is 11.1. The first-order valence-electron chi connectivity index (χ1n) is 5.21. The van der Waals surface area contributed by atoms with Crippen LogP contribution < -0.4 is 5.32 Å². The standard InChI is InChI=1S/C10H18ClNO3/c11-8-9(13)12-7-5-3-1-2-4-6-10(14)15/h1-8H2,(H,12,13)(H,14,15). The van der Waals surface area contributed by atoms with Crippen molar-refractivity contribution < 1.29 is 14.7 Å². The third-order valence-electron chi connectivity index (χ3n) is 2.01. The molecule has 4 nitrogen and oxygen atoms in total. The molecular formula is C10H18ClNO3. The number of alkyl halides is 1. The topological polar surface area (TPSA) is 66.4 Å². The van der Waals surface area contributed by atoms with Crippen LogP contribution in [-0.4, -0.2) is 29.4 Å². The lowest BCUT2D eigenvalue weighted by atomic mass is 10.1. The van der Waals surface area contributed by atoms with Gasteiger partial charge in [-0.25, -0.2) is 0 Å². The second-order valence-corrected chi connectivity index (χ2v) is 3.66. The Hall–Kier alpha value is -0.770. The molecule has 0 aliphatic rings. The van der Waals surface area contributed by atoms with Crippen LogP contribution in [0.5, 0.6) is 0 Å². The average molecular weight is 236 g/mol. The Labute approximate surface area is 95.0 Å². The van der Waals surface area contributed by atoms with Gasteiger partial charge in [-0.1, -0.05) is 19.3 Å². The number of carboxylic acid groups (broad SMARTS) is 1. The summed E-state index contributed by atoms with van der Waals surface area (Å²) in [5.41, 5.74) is 0. The molecule has 0 saturated carbocycles. The predicted octanol–water partition coefficient (Wildman–Crippen LogP) is 1.77. The molecule has 15 heavy (non-hydrogen) atoms. The lowest BCUT2D eigenvalue weighted by molar-refractivity contribution is -0.137. The highest BCUT2D eigenvalue weighted by Gasteiger charge is 1.98. The Morgan fingerprint density at radius 2 is 1.67 bits per heavy atom. The SMILES string of the molecule is O=C(O)CCCCCCCNC(=O)CCl. The van der Waals surface area contributed by atoms with Crippen LogP contribution in [-0.2, 0) is 9.59 Å². The van der Waals surface area contributed by atoms with Crippen LogP contribution in [0.15, 0.2) is 0 Å². The maximum atomic E-state index is 10.7. The molecule has 0 heterocycles. The normalized spacial score (nSPS) is 9.93. The van der Waals surface area contributed by atoms with Gasteiger partial charge in [0.15, 0.2) is 0 Å². The number of hydrogen-bond acceptors (Lipinski definition) is 2. The number of nitrogens with one attached hydrogen (secondary N) is 1. The highest BCUT2D eigenvalue weighted by molar-refractivity contribution is 6.27. The van der Waals surface area contributed by atoms with Crippen LogP contribution in [0.4, 0.5) is 0 Å². The molecule has 0 aliphatic carbocycles. The number of unbranched alkanes of at least 4 members (excludes halogenated alkanes) is 4. The molecule has 0 aliphatic heterocycles. The average Bonchev–Trinajstić information content (AvgIpc) is 2.21. The molecule has 2 N–H and O–H groups in total. The summed E-state index contributed by atoms with van der Waals surface area (Å²) in [4.78, 5) is 20.9. The number of halogens is 1. The molecule has 0 rings (SSSR count). The van der Waals surface area contributed by atoms with Crippen molar-refractivity contribution in [3.8, 4) is 0 Å². The van der Waals surface area contributed by atoms with E-state index in [0.29, 0.717) is 6.54 Å². The van der Waals surface area contributed by atoms with Crippen molar-refractivity contribution in [1.29, 1.82) is 0 Å². The van der Waals surface area contributed by atoms with Crippen molar-refractivity contribution in [2.45, 2.75) is 38.5 Å². The summed E-state index contributed by atoms with van der Waals surface area (Å²) in [6.07, 6.45) is 4.89. The summed E-state index contributed by atoms with van der Waals surface area (Å²) in [6, 6.07) is 0. The first kappa shape index (κ1) is 14.2. The lowest BCUT2D eigenvalue weighted by Gasteiger charge is -2.02. The van der Waals surface area contributed by atoms with Crippen molar-refractivity contribution >= 4 is 23.5 Å². The fraction of sp³-hybridized carbons (Fsp3) is 0.800. The van der Waals surface area contributed by atoms with Gasteiger partial charge in [0, 0.05) is 13.0 Å². The van der Waals surface area contributed by atoms with Crippen LogP contribution in [0.3, 0.4) is 0 Å². The number of carbonyl (C=O) groups excluding carboxylic acids is 1. The van der Waals surface area contributed by atoms with Gasteiger partial charge in [0.05, 0.1) is 0 Å². The second kappa shape index (κ2) is 9.77. The minimum Gasteiger partial charge on any atom is -0.481 e. The lowest BCUT2D eigenvalue weighted by Crippen LogP contribution is -2.25. The Morgan fingerprint density at radius 1 is 1.07 bits per heavy atom. The maximum Gasteiger partial charge on any atom is 0.303 e. The van der Waals surface area contributed by atoms with E-state index < -0.39 is 5.97 Å². The number of carbonyl (C=O) groups is 2. The van der Waals surface area contributed by atoms with Gasteiger partial charge in [-0.3, -0.25) is 9.59 Å². The fourth-order valence-corrected chi connectivity index (χ4v) is 1.30. The van der Waals surface area contributed by atoms with E-state index in [1.54, 1.807) is 0 Å². The van der Waals surface area contributed by atoms with Gasteiger partial charge in [-0.15, -0.1) is 11.6 Å². The zero-order valence-electron chi connectivity index (χ0n) is 8.80. The van der Waals surface area contributed by atoms with Crippen LogP contribution in [0, 0.1) is 0 Å². The summed E-state index contributed by atoms with van der Waals surface area (Å²) < 4.78 is 0. The number of aliphatic carboxylic acids is 1. The van der Waals surface area contributed by atoms with Crippen molar-refractivity contribution in [2.24, 2.45) is 0 Å². The molecule has 0 unspecified atom stereocenters. The smallest absolute Gasteiger partial charge is 0.303 e. The van der Waals surface area contributed by atoms with Crippen molar-refractivity contribution in [1.82, 2.24) is 5.32 Å². The number of carboxylic acids is 1. The number of amides is 1. The summed E-state index contributed by atoms with van der Waals surface area (Å²) in [7, 11) is 0. The van der Waals surface area contributed by atoms with E-state index >= 15 is 0 Å². The zero-order chi connectivity index (χ0) is 11.5.